The van der Waals surface area contributed by atoms with Gasteiger partial charge in [0.15, 0.2) is 0 Å². The van der Waals surface area contributed by atoms with Gasteiger partial charge in [-0.15, -0.1) is 0 Å². The quantitative estimate of drug-likeness (QED) is 0.781. The van der Waals surface area contributed by atoms with Crippen molar-refractivity contribution in [1.82, 2.24) is 9.21 Å². The molecule has 5 nitrogen and oxygen atoms in total. The molecule has 1 atom stereocenters. The molecular weight excluding hydrogens is 288 g/mol. The Morgan fingerprint density at radius 3 is 1.71 bits per heavy atom. The van der Waals surface area contributed by atoms with Crippen LogP contribution in [0.5, 0.6) is 0 Å². The van der Waals surface area contributed by atoms with E-state index in [1.165, 1.54) is 17.5 Å². The molecule has 0 saturated carbocycles. The predicted molar refractivity (Wildman–Crippen MR) is 87.6 cm³/mol. The fraction of sp³-hybridized carbons (Fsp3) is 0.933. The third-order valence-corrected chi connectivity index (χ3v) is 5.35. The molecule has 0 rings (SSSR count). The van der Waals surface area contributed by atoms with E-state index in [4.69, 9.17) is 0 Å². The number of carbonyl (C=O) groups is 1. The molecule has 21 heavy (non-hydrogen) atoms. The second kappa shape index (κ2) is 6.65. The van der Waals surface area contributed by atoms with E-state index in [2.05, 4.69) is 20.8 Å². The molecule has 0 aliphatic heterocycles. The Kier molecular flexibility index (Phi) is 6.45. The lowest BCUT2D eigenvalue weighted by Gasteiger charge is -2.40. The van der Waals surface area contributed by atoms with Crippen molar-refractivity contribution in [2.75, 3.05) is 19.3 Å². The van der Waals surface area contributed by atoms with Gasteiger partial charge in [-0.1, -0.05) is 20.8 Å². The summed E-state index contributed by atoms with van der Waals surface area (Å²) < 4.78 is 25.3. The summed E-state index contributed by atoms with van der Waals surface area (Å²) in [5.74, 6) is -0.0280. The Morgan fingerprint density at radius 2 is 1.48 bits per heavy atom. The third-order valence-electron chi connectivity index (χ3n) is 3.82. The van der Waals surface area contributed by atoms with Gasteiger partial charge in [-0.3, -0.25) is 4.79 Å². The van der Waals surface area contributed by atoms with Crippen LogP contribution < -0.4 is 0 Å². The van der Waals surface area contributed by atoms with Crippen molar-refractivity contribution in [1.29, 1.82) is 0 Å². The Labute approximate surface area is 130 Å². The van der Waals surface area contributed by atoms with Crippen LogP contribution >= 0.6 is 0 Å². The molecule has 126 valence electrons. The van der Waals surface area contributed by atoms with Gasteiger partial charge in [0.25, 0.3) is 0 Å². The molecule has 1 amide bonds. The zero-order valence-corrected chi connectivity index (χ0v) is 15.8. The SMILES string of the molecule is CC(=O)N(CCN(C(C)(C)C)S(C)(=O)=O)C(C)C(C)(C)C. The lowest BCUT2D eigenvalue weighted by molar-refractivity contribution is -0.133. The van der Waals surface area contributed by atoms with E-state index in [-0.39, 0.29) is 17.4 Å². The van der Waals surface area contributed by atoms with Crippen molar-refractivity contribution >= 4 is 15.9 Å². The minimum Gasteiger partial charge on any atom is -0.338 e. The first kappa shape index (κ1) is 20.4. The van der Waals surface area contributed by atoms with E-state index in [1.807, 2.05) is 27.7 Å². The molecule has 0 fully saturated rings. The molecule has 0 aliphatic carbocycles. The van der Waals surface area contributed by atoms with Crippen LogP contribution in [0.2, 0.25) is 0 Å². The number of carbonyl (C=O) groups excluding carboxylic acids is 1. The highest BCUT2D eigenvalue weighted by molar-refractivity contribution is 7.88. The van der Waals surface area contributed by atoms with Gasteiger partial charge in [0.2, 0.25) is 15.9 Å². The summed E-state index contributed by atoms with van der Waals surface area (Å²) >= 11 is 0. The van der Waals surface area contributed by atoms with Gasteiger partial charge in [-0.25, -0.2) is 8.42 Å². The average Bonchev–Trinajstić information content (AvgIpc) is 2.17. The van der Waals surface area contributed by atoms with Crippen LogP contribution in [0.15, 0.2) is 0 Å². The van der Waals surface area contributed by atoms with Crippen molar-refractivity contribution in [3.63, 3.8) is 0 Å². The average molecular weight is 320 g/mol. The fourth-order valence-corrected chi connectivity index (χ4v) is 3.70. The summed E-state index contributed by atoms with van der Waals surface area (Å²) in [4.78, 5) is 13.7. The van der Waals surface area contributed by atoms with Crippen LogP contribution in [0, 0.1) is 5.41 Å². The number of hydrogen-bond acceptors (Lipinski definition) is 3. The van der Waals surface area contributed by atoms with E-state index >= 15 is 0 Å². The summed E-state index contributed by atoms with van der Waals surface area (Å²) in [5, 5.41) is 0. The summed E-state index contributed by atoms with van der Waals surface area (Å²) in [7, 11) is -3.31. The van der Waals surface area contributed by atoms with Gasteiger partial charge < -0.3 is 4.90 Å². The largest absolute Gasteiger partial charge is 0.338 e. The zero-order chi connectivity index (χ0) is 17.2. The summed E-state index contributed by atoms with van der Waals surface area (Å²) in [6.45, 7) is 16.1. The van der Waals surface area contributed by atoms with Crippen LogP contribution in [0.4, 0.5) is 0 Å². The van der Waals surface area contributed by atoms with Gasteiger partial charge in [0.1, 0.15) is 0 Å². The minimum atomic E-state index is -3.31. The highest BCUT2D eigenvalue weighted by atomic mass is 32.2. The second-order valence-electron chi connectivity index (χ2n) is 7.76. The molecule has 0 spiro atoms. The molecular formula is C15H32N2O3S. The highest BCUT2D eigenvalue weighted by Gasteiger charge is 2.32. The first-order valence-corrected chi connectivity index (χ1v) is 9.18. The maximum absolute atomic E-state index is 11.9. The zero-order valence-electron chi connectivity index (χ0n) is 15.0. The number of hydrogen-bond donors (Lipinski definition) is 0. The number of sulfonamides is 1. The van der Waals surface area contributed by atoms with Gasteiger partial charge in [-0.2, -0.15) is 4.31 Å². The molecule has 0 aromatic carbocycles. The number of rotatable bonds is 5. The molecule has 0 bridgehead atoms. The van der Waals surface area contributed by atoms with E-state index in [9.17, 15) is 13.2 Å². The van der Waals surface area contributed by atoms with E-state index < -0.39 is 15.6 Å². The van der Waals surface area contributed by atoms with Crippen molar-refractivity contribution in [3.05, 3.63) is 0 Å². The van der Waals surface area contributed by atoms with Crippen LogP contribution in [0.3, 0.4) is 0 Å². The van der Waals surface area contributed by atoms with Crippen LogP contribution in [0.25, 0.3) is 0 Å². The maximum atomic E-state index is 11.9. The lowest BCUT2D eigenvalue weighted by atomic mass is 9.87. The van der Waals surface area contributed by atoms with Crippen molar-refractivity contribution in [2.45, 2.75) is 67.0 Å². The molecule has 0 aromatic heterocycles. The molecule has 6 heteroatoms. The summed E-state index contributed by atoms with van der Waals surface area (Å²) in [6.07, 6.45) is 1.21. The first-order chi connectivity index (χ1) is 9.08. The highest BCUT2D eigenvalue weighted by Crippen LogP contribution is 2.25. The van der Waals surface area contributed by atoms with E-state index in [0.29, 0.717) is 13.1 Å². The van der Waals surface area contributed by atoms with Gasteiger partial charge in [-0.05, 0) is 33.1 Å². The van der Waals surface area contributed by atoms with E-state index in [1.54, 1.807) is 4.90 Å². The predicted octanol–water partition coefficient (Wildman–Crippen LogP) is 2.33. The van der Waals surface area contributed by atoms with Crippen molar-refractivity contribution in [2.24, 2.45) is 5.41 Å². The topological polar surface area (TPSA) is 57.7 Å². The molecule has 0 saturated heterocycles. The lowest BCUT2D eigenvalue weighted by Crippen LogP contribution is -2.52. The minimum absolute atomic E-state index is 0.0280. The van der Waals surface area contributed by atoms with Crippen molar-refractivity contribution in [3.8, 4) is 0 Å². The smallest absolute Gasteiger partial charge is 0.219 e. The number of amides is 1. The maximum Gasteiger partial charge on any atom is 0.219 e. The summed E-state index contributed by atoms with van der Waals surface area (Å²) in [6, 6.07) is 0.0383. The molecule has 1 unspecified atom stereocenters. The Morgan fingerprint density at radius 1 is 1.05 bits per heavy atom. The number of nitrogens with zero attached hydrogens (tertiary/aromatic N) is 2. The van der Waals surface area contributed by atoms with Crippen LogP contribution in [0.1, 0.15) is 55.4 Å². The summed E-state index contributed by atoms with van der Waals surface area (Å²) in [5.41, 5.74) is -0.551. The molecule has 0 aromatic rings. The Bertz CT molecular complexity index is 458. The second-order valence-corrected chi connectivity index (χ2v) is 9.67. The first-order valence-electron chi connectivity index (χ1n) is 7.33. The van der Waals surface area contributed by atoms with E-state index in [0.717, 1.165) is 0 Å². The molecule has 0 heterocycles. The molecule has 0 aliphatic rings. The standard InChI is InChI=1S/C15H32N2O3S/c1-12(14(3,4)5)16(13(2)18)10-11-17(15(6,7)8)21(9,19)20/h12H,10-11H2,1-9H3. The Balaban J connectivity index is 5.19. The normalized spacial score (nSPS) is 15.1. The van der Waals surface area contributed by atoms with Crippen molar-refractivity contribution < 1.29 is 13.2 Å². The molecule has 0 radical (unpaired) electrons. The Hall–Kier alpha value is -0.620. The van der Waals surface area contributed by atoms with Crippen LogP contribution in [-0.4, -0.2) is 54.5 Å². The monoisotopic (exact) mass is 320 g/mol. The van der Waals surface area contributed by atoms with Gasteiger partial charge in [0.05, 0.1) is 6.26 Å². The van der Waals surface area contributed by atoms with Gasteiger partial charge >= 0.3 is 0 Å². The molecule has 0 N–H and O–H groups in total. The fourth-order valence-electron chi connectivity index (χ4n) is 2.29. The van der Waals surface area contributed by atoms with Crippen LogP contribution in [-0.2, 0) is 14.8 Å². The van der Waals surface area contributed by atoms with Gasteiger partial charge in [0, 0.05) is 31.6 Å². The third kappa shape index (κ3) is 6.34.